The van der Waals surface area contributed by atoms with Gasteiger partial charge >= 0.3 is 12.0 Å². The van der Waals surface area contributed by atoms with Gasteiger partial charge in [0.2, 0.25) is 0 Å². The predicted octanol–water partition coefficient (Wildman–Crippen LogP) is 0.281. The van der Waals surface area contributed by atoms with E-state index in [1.807, 2.05) is 0 Å². The van der Waals surface area contributed by atoms with Gasteiger partial charge in [-0.2, -0.15) is 0 Å². The molecule has 0 aliphatic carbocycles. The number of urea groups is 1. The number of amides is 2. The van der Waals surface area contributed by atoms with Crippen molar-refractivity contribution < 1.29 is 19.4 Å². The Balaban J connectivity index is 2.38. The van der Waals surface area contributed by atoms with Crippen LogP contribution in [0.25, 0.3) is 0 Å². The van der Waals surface area contributed by atoms with Gasteiger partial charge in [-0.1, -0.05) is 0 Å². The van der Waals surface area contributed by atoms with Crippen LogP contribution in [0.1, 0.15) is 19.8 Å². The third kappa shape index (κ3) is 4.06. The molecule has 0 spiro atoms. The summed E-state index contributed by atoms with van der Waals surface area (Å²) in [5.74, 6) is -1.00. The molecule has 6 heteroatoms. The van der Waals surface area contributed by atoms with E-state index in [4.69, 9.17) is 9.84 Å². The van der Waals surface area contributed by atoms with Crippen LogP contribution >= 0.6 is 0 Å². The molecule has 0 aromatic carbocycles. The molecule has 2 N–H and O–H groups in total. The summed E-state index contributed by atoms with van der Waals surface area (Å²) in [6, 6.07) is -0.329. The van der Waals surface area contributed by atoms with Gasteiger partial charge < -0.3 is 20.1 Å². The Morgan fingerprint density at radius 3 is 2.81 bits per heavy atom. The smallest absolute Gasteiger partial charge is 0.323 e. The first-order valence-corrected chi connectivity index (χ1v) is 5.48. The van der Waals surface area contributed by atoms with Crippen LogP contribution in [0.2, 0.25) is 0 Å². The van der Waals surface area contributed by atoms with E-state index < -0.39 is 5.97 Å². The maximum atomic E-state index is 11.7. The lowest BCUT2D eigenvalue weighted by molar-refractivity contribution is -0.137. The van der Waals surface area contributed by atoms with Crippen molar-refractivity contribution in [3.8, 4) is 0 Å². The number of carboxylic acid groups (broad SMARTS) is 1. The molecule has 1 aliphatic heterocycles. The van der Waals surface area contributed by atoms with Gasteiger partial charge in [-0.25, -0.2) is 4.79 Å². The van der Waals surface area contributed by atoms with Gasteiger partial charge in [-0.15, -0.1) is 0 Å². The molecule has 92 valence electrons. The van der Waals surface area contributed by atoms with Crippen LogP contribution in [-0.4, -0.2) is 54.4 Å². The van der Waals surface area contributed by atoms with Crippen LogP contribution in [0.5, 0.6) is 0 Å². The summed E-state index contributed by atoms with van der Waals surface area (Å²) in [4.78, 5) is 23.5. The first-order valence-electron chi connectivity index (χ1n) is 5.48. The van der Waals surface area contributed by atoms with E-state index in [1.165, 1.54) is 4.90 Å². The first kappa shape index (κ1) is 12.8. The highest BCUT2D eigenvalue weighted by Gasteiger charge is 2.20. The van der Waals surface area contributed by atoms with Crippen molar-refractivity contribution in [3.05, 3.63) is 0 Å². The fraction of sp³-hybridized carbons (Fsp3) is 0.800. The van der Waals surface area contributed by atoms with Crippen molar-refractivity contribution in [3.63, 3.8) is 0 Å². The molecule has 16 heavy (non-hydrogen) atoms. The number of carbonyl (C=O) groups excluding carboxylic acids is 1. The van der Waals surface area contributed by atoms with Crippen LogP contribution in [0, 0.1) is 0 Å². The van der Waals surface area contributed by atoms with Crippen molar-refractivity contribution in [2.75, 3.05) is 26.3 Å². The summed E-state index contributed by atoms with van der Waals surface area (Å²) >= 11 is 0. The van der Waals surface area contributed by atoms with E-state index in [9.17, 15) is 9.59 Å². The summed E-state index contributed by atoms with van der Waals surface area (Å²) in [5.41, 5.74) is 0. The number of nitrogens with one attached hydrogen (secondary N) is 1. The van der Waals surface area contributed by atoms with Gasteiger partial charge in [0.1, 0.15) is 6.54 Å². The SMILES string of the molecule is CCN(CC(=O)O)C(=O)NC1CCCOC1. The molecule has 1 fully saturated rings. The summed E-state index contributed by atoms with van der Waals surface area (Å²) in [5, 5.41) is 11.4. The number of carbonyl (C=O) groups is 2. The van der Waals surface area contributed by atoms with Gasteiger partial charge in [0.15, 0.2) is 0 Å². The topological polar surface area (TPSA) is 78.9 Å². The summed E-state index contributed by atoms with van der Waals surface area (Å²) < 4.78 is 5.23. The molecule has 1 saturated heterocycles. The highest BCUT2D eigenvalue weighted by atomic mass is 16.5. The molecule has 6 nitrogen and oxygen atoms in total. The van der Waals surface area contributed by atoms with Crippen LogP contribution in [0.4, 0.5) is 4.79 Å². The average Bonchev–Trinajstić information content (AvgIpc) is 2.26. The zero-order chi connectivity index (χ0) is 12.0. The van der Waals surface area contributed by atoms with Gasteiger partial charge in [0, 0.05) is 13.2 Å². The van der Waals surface area contributed by atoms with Crippen LogP contribution < -0.4 is 5.32 Å². The summed E-state index contributed by atoms with van der Waals surface area (Å²) in [6.45, 7) is 3.11. The number of hydrogen-bond donors (Lipinski definition) is 2. The molecule has 1 heterocycles. The lowest BCUT2D eigenvalue weighted by Crippen LogP contribution is -2.49. The zero-order valence-electron chi connectivity index (χ0n) is 9.44. The predicted molar refractivity (Wildman–Crippen MR) is 57.3 cm³/mol. The van der Waals surface area contributed by atoms with Gasteiger partial charge in [-0.3, -0.25) is 4.79 Å². The molecule has 0 aromatic heterocycles. The summed E-state index contributed by atoms with van der Waals surface area (Å²) in [7, 11) is 0. The molecule has 0 bridgehead atoms. The quantitative estimate of drug-likeness (QED) is 0.727. The third-order valence-electron chi connectivity index (χ3n) is 2.48. The number of ether oxygens (including phenoxy) is 1. The van der Waals surface area contributed by atoms with Crippen molar-refractivity contribution in [2.24, 2.45) is 0 Å². The van der Waals surface area contributed by atoms with E-state index in [-0.39, 0.29) is 18.6 Å². The van der Waals surface area contributed by atoms with Crippen LogP contribution in [0.15, 0.2) is 0 Å². The van der Waals surface area contributed by atoms with E-state index in [0.717, 1.165) is 19.4 Å². The van der Waals surface area contributed by atoms with E-state index in [1.54, 1.807) is 6.92 Å². The first-order chi connectivity index (χ1) is 7.63. The molecule has 1 unspecified atom stereocenters. The fourth-order valence-corrected chi connectivity index (χ4v) is 1.61. The normalized spacial score (nSPS) is 20.2. The summed E-state index contributed by atoms with van der Waals surface area (Å²) in [6.07, 6.45) is 1.81. The van der Waals surface area contributed by atoms with E-state index in [0.29, 0.717) is 13.2 Å². The highest BCUT2D eigenvalue weighted by molar-refractivity contribution is 5.80. The maximum absolute atomic E-state index is 11.7. The number of likely N-dealkylation sites (N-methyl/N-ethyl adjacent to an activating group) is 1. The second-order valence-corrected chi connectivity index (χ2v) is 3.77. The molecular formula is C10H18N2O4. The average molecular weight is 230 g/mol. The molecule has 1 rings (SSSR count). The van der Waals surface area contributed by atoms with Crippen molar-refractivity contribution in [1.29, 1.82) is 0 Å². The monoisotopic (exact) mass is 230 g/mol. The maximum Gasteiger partial charge on any atom is 0.323 e. The fourth-order valence-electron chi connectivity index (χ4n) is 1.61. The van der Waals surface area contributed by atoms with E-state index in [2.05, 4.69) is 5.32 Å². The molecule has 0 aromatic rings. The Labute approximate surface area is 94.6 Å². The number of rotatable bonds is 4. The molecule has 0 saturated carbocycles. The minimum Gasteiger partial charge on any atom is -0.480 e. The van der Waals surface area contributed by atoms with Gasteiger partial charge in [0.25, 0.3) is 0 Å². The molecule has 0 radical (unpaired) electrons. The highest BCUT2D eigenvalue weighted by Crippen LogP contribution is 2.06. The minimum atomic E-state index is -1.00. The van der Waals surface area contributed by atoms with E-state index >= 15 is 0 Å². The third-order valence-corrected chi connectivity index (χ3v) is 2.48. The molecule has 1 atom stereocenters. The van der Waals surface area contributed by atoms with Crippen LogP contribution in [0.3, 0.4) is 0 Å². The van der Waals surface area contributed by atoms with Gasteiger partial charge in [-0.05, 0) is 19.8 Å². The Morgan fingerprint density at radius 1 is 1.56 bits per heavy atom. The number of nitrogens with zero attached hydrogens (tertiary/aromatic N) is 1. The van der Waals surface area contributed by atoms with Crippen molar-refractivity contribution in [2.45, 2.75) is 25.8 Å². The molecular weight excluding hydrogens is 212 g/mol. The number of hydrogen-bond acceptors (Lipinski definition) is 3. The Morgan fingerprint density at radius 2 is 2.31 bits per heavy atom. The molecule has 1 aliphatic rings. The standard InChI is InChI=1S/C10H18N2O4/c1-2-12(6-9(13)14)10(15)11-8-4-3-5-16-7-8/h8H,2-7H2,1H3,(H,11,15)(H,13,14). The minimum absolute atomic E-state index is 0.00379. The number of aliphatic carboxylic acids is 1. The second-order valence-electron chi connectivity index (χ2n) is 3.77. The van der Waals surface area contributed by atoms with Gasteiger partial charge in [0.05, 0.1) is 12.6 Å². The Kier molecular flexibility index (Phi) is 5.04. The lowest BCUT2D eigenvalue weighted by atomic mass is 10.1. The number of carboxylic acids is 1. The zero-order valence-corrected chi connectivity index (χ0v) is 9.44. The molecule has 2 amide bonds. The Hall–Kier alpha value is -1.30. The lowest BCUT2D eigenvalue weighted by Gasteiger charge is -2.26. The largest absolute Gasteiger partial charge is 0.480 e. The van der Waals surface area contributed by atoms with Crippen LogP contribution in [-0.2, 0) is 9.53 Å². The second kappa shape index (κ2) is 6.32. The van der Waals surface area contributed by atoms with Crippen molar-refractivity contribution in [1.82, 2.24) is 10.2 Å². The Bertz CT molecular complexity index is 251. The van der Waals surface area contributed by atoms with Crippen molar-refractivity contribution >= 4 is 12.0 Å².